The molecule has 2 heterocycles. The molecule has 1 atom stereocenters. The minimum Gasteiger partial charge on any atom is -0.395 e. The Bertz CT molecular complexity index is 1480. The van der Waals surface area contributed by atoms with Crippen molar-refractivity contribution in [3.8, 4) is 5.69 Å². The maximum atomic E-state index is 13.4. The number of hydrogen-bond acceptors (Lipinski definition) is 6. The predicted molar refractivity (Wildman–Crippen MR) is 129 cm³/mol. The van der Waals surface area contributed by atoms with E-state index in [0.717, 1.165) is 15.4 Å². The summed E-state index contributed by atoms with van der Waals surface area (Å²) in [7, 11) is 1.56. The van der Waals surface area contributed by atoms with Gasteiger partial charge in [0.05, 0.1) is 18.8 Å². The number of carbonyl (C=O) groups is 2. The molecule has 4 rings (SSSR count). The number of aryl methyl sites for hydroxylation is 1. The van der Waals surface area contributed by atoms with E-state index in [9.17, 15) is 23.6 Å². The lowest BCUT2D eigenvalue weighted by Gasteiger charge is -2.28. The molecule has 0 spiro atoms. The first-order chi connectivity index (χ1) is 17.2. The van der Waals surface area contributed by atoms with Crippen LogP contribution in [-0.4, -0.2) is 49.8 Å². The zero-order valence-electron chi connectivity index (χ0n) is 19.6. The number of anilines is 1. The van der Waals surface area contributed by atoms with Gasteiger partial charge in [-0.25, -0.2) is 9.18 Å². The third-order valence-electron chi connectivity index (χ3n) is 6.01. The van der Waals surface area contributed by atoms with Crippen LogP contribution in [0.1, 0.15) is 23.5 Å². The van der Waals surface area contributed by atoms with Gasteiger partial charge in [-0.2, -0.15) is 9.78 Å². The third-order valence-corrected chi connectivity index (χ3v) is 6.01. The number of nitrogens with one attached hydrogen (secondary N) is 1. The highest BCUT2D eigenvalue weighted by molar-refractivity contribution is 6.06. The lowest BCUT2D eigenvalue weighted by atomic mass is 9.85. The van der Waals surface area contributed by atoms with Gasteiger partial charge < -0.3 is 15.3 Å². The van der Waals surface area contributed by atoms with E-state index in [-0.39, 0.29) is 18.9 Å². The maximum absolute atomic E-state index is 13.4. The van der Waals surface area contributed by atoms with Crippen LogP contribution in [0.2, 0.25) is 0 Å². The van der Waals surface area contributed by atoms with Gasteiger partial charge in [-0.05, 0) is 42.3 Å². The van der Waals surface area contributed by atoms with Crippen LogP contribution in [0.25, 0.3) is 5.69 Å². The highest BCUT2D eigenvalue weighted by Gasteiger charge is 2.31. The van der Waals surface area contributed by atoms with Crippen LogP contribution in [0.5, 0.6) is 0 Å². The van der Waals surface area contributed by atoms with Crippen LogP contribution >= 0.6 is 0 Å². The van der Waals surface area contributed by atoms with Crippen molar-refractivity contribution in [2.45, 2.75) is 25.8 Å². The minimum atomic E-state index is -0.732. The molecule has 0 saturated carbocycles. The zero-order valence-corrected chi connectivity index (χ0v) is 19.6. The summed E-state index contributed by atoms with van der Waals surface area (Å²) in [6.45, 7) is 1.20. The molecule has 0 aliphatic carbocycles. The van der Waals surface area contributed by atoms with Crippen molar-refractivity contribution < 1.29 is 19.1 Å². The van der Waals surface area contributed by atoms with Gasteiger partial charge in [0, 0.05) is 36.8 Å². The van der Waals surface area contributed by atoms with Crippen molar-refractivity contribution in [2.24, 2.45) is 0 Å². The Balaban J connectivity index is 1.69. The number of aliphatic hydroxyl groups is 1. The molecular formula is C25H24FN5O5. The number of rotatable bonds is 6. The number of aromatic nitrogens is 3. The Kier molecular flexibility index (Phi) is 6.93. The number of benzene rings is 2. The van der Waals surface area contributed by atoms with E-state index in [1.807, 2.05) is 0 Å². The molecule has 1 aliphatic rings. The van der Waals surface area contributed by atoms with Crippen LogP contribution in [0.3, 0.4) is 0 Å². The Morgan fingerprint density at radius 3 is 2.58 bits per heavy atom. The summed E-state index contributed by atoms with van der Waals surface area (Å²) in [5.41, 5.74) is 0.969. The quantitative estimate of drug-likeness (QED) is 0.533. The van der Waals surface area contributed by atoms with Crippen molar-refractivity contribution in [1.29, 1.82) is 0 Å². The molecule has 10 nitrogen and oxygen atoms in total. The molecule has 2 N–H and O–H groups in total. The average molecular weight is 493 g/mol. The fraction of sp³-hybridized carbons (Fsp3) is 0.240. The number of nitrogens with zero attached hydrogens (tertiary/aromatic N) is 4. The second kappa shape index (κ2) is 10.1. The van der Waals surface area contributed by atoms with Crippen molar-refractivity contribution in [1.82, 2.24) is 19.2 Å². The molecule has 0 bridgehead atoms. The smallest absolute Gasteiger partial charge is 0.352 e. The third kappa shape index (κ3) is 4.86. The molecule has 0 fully saturated rings. The van der Waals surface area contributed by atoms with E-state index in [1.165, 1.54) is 23.2 Å². The van der Waals surface area contributed by atoms with Gasteiger partial charge >= 0.3 is 5.69 Å². The van der Waals surface area contributed by atoms with E-state index in [2.05, 4.69) is 10.4 Å². The Morgan fingerprint density at radius 2 is 1.89 bits per heavy atom. The topological polar surface area (TPSA) is 127 Å². The average Bonchev–Trinajstić information content (AvgIpc) is 2.85. The highest BCUT2D eigenvalue weighted by Crippen LogP contribution is 2.33. The molecule has 186 valence electrons. The van der Waals surface area contributed by atoms with Gasteiger partial charge in [-0.15, -0.1) is 0 Å². The number of hydrogen-bond donors (Lipinski definition) is 2. The zero-order chi connectivity index (χ0) is 26.0. The van der Waals surface area contributed by atoms with Gasteiger partial charge in [0.2, 0.25) is 5.91 Å². The largest absolute Gasteiger partial charge is 0.395 e. The molecule has 0 radical (unpaired) electrons. The van der Waals surface area contributed by atoms with Crippen LogP contribution in [-0.2, 0) is 16.1 Å². The second-order valence-electron chi connectivity index (χ2n) is 8.40. The number of amides is 2. The molecule has 0 unspecified atom stereocenters. The van der Waals surface area contributed by atoms with Gasteiger partial charge in [-0.1, -0.05) is 18.2 Å². The second-order valence-corrected chi connectivity index (χ2v) is 8.40. The SMILES string of the molecule is Cc1ccc(-n2ncc(=O)n(CCO)c2=O)cc1NC(=O)C1=CN(C)C(=O)C[C@H]1c1ccc(F)cc1. The molecular weight excluding hydrogens is 469 g/mol. The van der Waals surface area contributed by atoms with Gasteiger partial charge in [0.15, 0.2) is 0 Å². The molecule has 0 saturated heterocycles. The molecule has 3 aromatic rings. The van der Waals surface area contributed by atoms with E-state index in [1.54, 1.807) is 44.3 Å². The summed E-state index contributed by atoms with van der Waals surface area (Å²) in [5.74, 6) is -1.63. The summed E-state index contributed by atoms with van der Waals surface area (Å²) in [4.78, 5) is 51.7. The first kappa shape index (κ1) is 24.7. The van der Waals surface area contributed by atoms with Crippen LogP contribution in [0, 0.1) is 12.7 Å². The molecule has 2 amide bonds. The van der Waals surface area contributed by atoms with E-state index in [4.69, 9.17) is 5.11 Å². The lowest BCUT2D eigenvalue weighted by Crippen LogP contribution is -2.40. The fourth-order valence-electron chi connectivity index (χ4n) is 4.00. The highest BCUT2D eigenvalue weighted by atomic mass is 19.1. The standard InChI is InChI=1S/C25H24FN5O5/c1-15-3-8-18(31-25(36)30(9-10-32)23(34)13-27-31)11-21(15)28-24(35)20-14-29(2)22(33)12-19(20)16-4-6-17(26)7-5-16/h3-8,11,13-14,19,32H,9-10,12H2,1-2H3,(H,28,35)/t19-/m0/s1. The molecule has 36 heavy (non-hydrogen) atoms. The monoisotopic (exact) mass is 493 g/mol. The predicted octanol–water partition coefficient (Wildman–Crippen LogP) is 1.30. The number of aliphatic hydroxyl groups excluding tert-OH is 1. The first-order valence-corrected chi connectivity index (χ1v) is 11.1. The van der Waals surface area contributed by atoms with Gasteiger partial charge in [0.25, 0.3) is 11.5 Å². The summed E-state index contributed by atoms with van der Waals surface area (Å²) < 4.78 is 15.3. The first-order valence-electron chi connectivity index (χ1n) is 11.1. The van der Waals surface area contributed by atoms with Crippen LogP contribution in [0.4, 0.5) is 10.1 Å². The van der Waals surface area contributed by atoms with E-state index < -0.39 is 35.5 Å². The van der Waals surface area contributed by atoms with Crippen LogP contribution < -0.4 is 16.6 Å². The van der Waals surface area contributed by atoms with Crippen LogP contribution in [0.15, 0.2) is 70.0 Å². The summed E-state index contributed by atoms with van der Waals surface area (Å²) in [6, 6.07) is 10.5. The summed E-state index contributed by atoms with van der Waals surface area (Å²) in [5, 5.41) is 15.9. The van der Waals surface area contributed by atoms with E-state index >= 15 is 0 Å². The van der Waals surface area contributed by atoms with Gasteiger partial charge in [0.1, 0.15) is 12.0 Å². The molecule has 2 aromatic carbocycles. The van der Waals surface area contributed by atoms with Gasteiger partial charge in [-0.3, -0.25) is 19.0 Å². The maximum Gasteiger partial charge on any atom is 0.352 e. The van der Waals surface area contributed by atoms with Crippen molar-refractivity contribution in [2.75, 3.05) is 19.0 Å². The normalized spacial score (nSPS) is 15.6. The summed E-state index contributed by atoms with van der Waals surface area (Å²) in [6.07, 6.45) is 2.49. The molecule has 1 aromatic heterocycles. The Hall–Kier alpha value is -4.38. The van der Waals surface area contributed by atoms with E-state index in [0.29, 0.717) is 28.1 Å². The van der Waals surface area contributed by atoms with Crippen molar-refractivity contribution in [3.05, 3.63) is 98.2 Å². The fourth-order valence-corrected chi connectivity index (χ4v) is 4.00. The molecule has 1 aliphatic heterocycles. The number of carbonyl (C=O) groups excluding carboxylic acids is 2. The van der Waals surface area contributed by atoms with Crippen molar-refractivity contribution >= 4 is 17.5 Å². The lowest BCUT2D eigenvalue weighted by molar-refractivity contribution is -0.128. The summed E-state index contributed by atoms with van der Waals surface area (Å²) >= 11 is 0. The molecule has 11 heteroatoms. The Labute approximate surface area is 204 Å². The van der Waals surface area contributed by atoms with Crippen molar-refractivity contribution in [3.63, 3.8) is 0 Å². The minimum absolute atomic E-state index is 0.0477. The Morgan fingerprint density at radius 1 is 1.17 bits per heavy atom. The number of halogens is 1.